The summed E-state index contributed by atoms with van der Waals surface area (Å²) in [6, 6.07) is 17.0. The van der Waals surface area contributed by atoms with Crippen molar-refractivity contribution in [1.82, 2.24) is 14.9 Å². The van der Waals surface area contributed by atoms with Crippen LogP contribution in [-0.4, -0.2) is 46.6 Å². The fourth-order valence-corrected chi connectivity index (χ4v) is 6.09. The number of H-pyrrole nitrogens is 1. The third-order valence-corrected chi connectivity index (χ3v) is 7.93. The first-order chi connectivity index (χ1) is 16.4. The minimum Gasteiger partial charge on any atom is -0.458 e. The number of nitrogens with zero attached hydrogens (tertiary/aromatic N) is 2. The maximum absolute atomic E-state index is 12.8. The summed E-state index contributed by atoms with van der Waals surface area (Å²) in [6.07, 6.45) is 6.15. The number of aromatic amines is 1. The molecular formula is C29H37N3O2. The van der Waals surface area contributed by atoms with Crippen molar-refractivity contribution in [2.24, 2.45) is 5.92 Å². The largest absolute Gasteiger partial charge is 0.458 e. The van der Waals surface area contributed by atoms with E-state index < -0.39 is 0 Å². The second-order valence-corrected chi connectivity index (χ2v) is 10.7. The Bertz CT molecular complexity index is 1120. The van der Waals surface area contributed by atoms with E-state index in [2.05, 4.69) is 53.3 Å². The molecule has 1 heterocycles. The average Bonchev–Trinajstić information content (AvgIpc) is 3.26. The minimum absolute atomic E-state index is 0.0578. The van der Waals surface area contributed by atoms with Crippen molar-refractivity contribution >= 4 is 17.0 Å². The van der Waals surface area contributed by atoms with E-state index in [1.807, 2.05) is 26.0 Å². The molecule has 0 aliphatic heterocycles. The van der Waals surface area contributed by atoms with Crippen LogP contribution in [0.5, 0.6) is 0 Å². The predicted octanol–water partition coefficient (Wildman–Crippen LogP) is 5.82. The molecule has 2 bridgehead atoms. The van der Waals surface area contributed by atoms with Gasteiger partial charge in [0.2, 0.25) is 0 Å². The normalized spacial score (nSPS) is 23.6. The molecule has 5 heteroatoms. The third kappa shape index (κ3) is 4.50. The number of rotatable bonds is 9. The molecule has 1 fully saturated rings. The SMILES string of the molecule is CC(C)C(=O)O[C@]1(CCN(C)CCCc2nc3ccccc3[nH]2)C[C@H]2CC[C@H]1c1ccccc12. The first kappa shape index (κ1) is 23.1. The van der Waals surface area contributed by atoms with E-state index in [1.165, 1.54) is 17.5 Å². The van der Waals surface area contributed by atoms with Crippen LogP contribution in [0, 0.1) is 5.92 Å². The Labute approximate surface area is 202 Å². The topological polar surface area (TPSA) is 58.2 Å². The maximum Gasteiger partial charge on any atom is 0.308 e. The summed E-state index contributed by atoms with van der Waals surface area (Å²) in [5.74, 6) is 1.70. The molecule has 1 aromatic heterocycles. The van der Waals surface area contributed by atoms with Gasteiger partial charge in [0.1, 0.15) is 11.4 Å². The van der Waals surface area contributed by atoms with Gasteiger partial charge >= 0.3 is 5.97 Å². The van der Waals surface area contributed by atoms with Crippen molar-refractivity contribution in [2.45, 2.75) is 69.8 Å². The molecule has 0 saturated heterocycles. The van der Waals surface area contributed by atoms with Gasteiger partial charge in [-0.05, 0) is 68.5 Å². The van der Waals surface area contributed by atoms with E-state index in [9.17, 15) is 4.79 Å². The number of aromatic nitrogens is 2. The zero-order valence-electron chi connectivity index (χ0n) is 20.7. The molecule has 2 aromatic carbocycles. The number of imidazole rings is 1. The van der Waals surface area contributed by atoms with E-state index >= 15 is 0 Å². The van der Waals surface area contributed by atoms with Gasteiger partial charge in [0.15, 0.2) is 0 Å². The lowest BCUT2D eigenvalue weighted by molar-refractivity contribution is -0.173. The molecule has 1 saturated carbocycles. The van der Waals surface area contributed by atoms with Crippen LogP contribution >= 0.6 is 0 Å². The smallest absolute Gasteiger partial charge is 0.308 e. The van der Waals surface area contributed by atoms with Gasteiger partial charge in [-0.1, -0.05) is 50.2 Å². The monoisotopic (exact) mass is 459 g/mol. The number of aryl methyl sites for hydroxylation is 1. The number of fused-ring (bicyclic) bond motifs is 3. The number of para-hydroxylation sites is 2. The van der Waals surface area contributed by atoms with Crippen LogP contribution in [-0.2, 0) is 16.0 Å². The first-order valence-corrected chi connectivity index (χ1v) is 12.9. The van der Waals surface area contributed by atoms with Crippen molar-refractivity contribution in [3.63, 3.8) is 0 Å². The Morgan fingerprint density at radius 2 is 1.88 bits per heavy atom. The van der Waals surface area contributed by atoms with Gasteiger partial charge in [0.05, 0.1) is 17.0 Å². The molecule has 3 atom stereocenters. The second-order valence-electron chi connectivity index (χ2n) is 10.7. The molecule has 0 amide bonds. The lowest BCUT2D eigenvalue weighted by atomic mass is 9.58. The number of carbonyl (C=O) groups excluding carboxylic acids is 1. The van der Waals surface area contributed by atoms with Crippen molar-refractivity contribution in [2.75, 3.05) is 20.1 Å². The summed E-state index contributed by atoms with van der Waals surface area (Å²) in [5, 5.41) is 0. The minimum atomic E-state index is -0.383. The van der Waals surface area contributed by atoms with Crippen LogP contribution in [0.15, 0.2) is 48.5 Å². The Morgan fingerprint density at radius 3 is 2.68 bits per heavy atom. The van der Waals surface area contributed by atoms with Gasteiger partial charge in [0.25, 0.3) is 0 Å². The molecule has 3 aromatic rings. The van der Waals surface area contributed by atoms with Crippen molar-refractivity contribution in [1.29, 1.82) is 0 Å². The number of esters is 1. The van der Waals surface area contributed by atoms with Crippen LogP contribution in [0.3, 0.4) is 0 Å². The van der Waals surface area contributed by atoms with E-state index in [0.29, 0.717) is 11.8 Å². The fourth-order valence-electron chi connectivity index (χ4n) is 6.09. The second kappa shape index (κ2) is 9.53. The quantitative estimate of drug-likeness (QED) is 0.410. The van der Waals surface area contributed by atoms with Crippen LogP contribution in [0.1, 0.15) is 74.7 Å². The standard InChI is InChI=1S/C29H37N3O2/c1-20(2)28(33)34-29(19-21-14-15-24(29)23-10-5-4-9-22(21)23)16-18-32(3)17-8-13-27-30-25-11-6-7-12-26(25)31-27/h4-7,9-12,20-21,24H,8,13-19H2,1-3H3,(H,30,31)/t21-,24+,29-/m1/s1. The molecule has 0 unspecified atom stereocenters. The Hall–Kier alpha value is -2.66. The molecule has 34 heavy (non-hydrogen) atoms. The van der Waals surface area contributed by atoms with E-state index in [1.54, 1.807) is 0 Å². The van der Waals surface area contributed by atoms with Crippen molar-refractivity contribution < 1.29 is 9.53 Å². The summed E-state index contributed by atoms with van der Waals surface area (Å²) >= 11 is 0. The number of carbonyl (C=O) groups is 1. The van der Waals surface area contributed by atoms with Crippen LogP contribution in [0.4, 0.5) is 0 Å². The molecule has 6 rings (SSSR count). The molecule has 1 N–H and O–H groups in total. The van der Waals surface area contributed by atoms with E-state index in [0.717, 1.165) is 62.1 Å². The summed E-state index contributed by atoms with van der Waals surface area (Å²) in [6.45, 7) is 5.80. The molecule has 0 spiro atoms. The zero-order chi connectivity index (χ0) is 23.7. The molecule has 180 valence electrons. The van der Waals surface area contributed by atoms with Crippen molar-refractivity contribution in [3.8, 4) is 0 Å². The van der Waals surface area contributed by atoms with Gasteiger partial charge in [-0.15, -0.1) is 0 Å². The van der Waals surface area contributed by atoms with Crippen molar-refractivity contribution in [3.05, 3.63) is 65.5 Å². The fraction of sp³-hybridized carbons (Fsp3) is 0.517. The molecule has 3 aliphatic rings. The molecular weight excluding hydrogens is 422 g/mol. The van der Waals surface area contributed by atoms with E-state index in [4.69, 9.17) is 9.72 Å². The third-order valence-electron chi connectivity index (χ3n) is 7.93. The zero-order valence-corrected chi connectivity index (χ0v) is 20.7. The lowest BCUT2D eigenvalue weighted by Gasteiger charge is -2.52. The van der Waals surface area contributed by atoms with Gasteiger partial charge in [-0.3, -0.25) is 4.79 Å². The van der Waals surface area contributed by atoms with Gasteiger partial charge in [-0.2, -0.15) is 0 Å². The number of hydrogen-bond acceptors (Lipinski definition) is 4. The summed E-state index contributed by atoms with van der Waals surface area (Å²) in [4.78, 5) is 23.3. The van der Waals surface area contributed by atoms with Crippen LogP contribution < -0.4 is 0 Å². The highest BCUT2D eigenvalue weighted by atomic mass is 16.6. The summed E-state index contributed by atoms with van der Waals surface area (Å²) < 4.78 is 6.41. The Kier molecular flexibility index (Phi) is 6.48. The first-order valence-electron chi connectivity index (χ1n) is 12.9. The molecule has 5 nitrogen and oxygen atoms in total. The highest BCUT2D eigenvalue weighted by Gasteiger charge is 2.52. The maximum atomic E-state index is 12.8. The highest BCUT2D eigenvalue weighted by molar-refractivity contribution is 5.74. The highest BCUT2D eigenvalue weighted by Crippen LogP contribution is 2.57. The summed E-state index contributed by atoms with van der Waals surface area (Å²) in [5.41, 5.74) is 4.65. The Balaban J connectivity index is 1.24. The van der Waals surface area contributed by atoms with Gasteiger partial charge in [-0.25, -0.2) is 4.98 Å². The predicted molar refractivity (Wildman–Crippen MR) is 136 cm³/mol. The van der Waals surface area contributed by atoms with Gasteiger partial charge < -0.3 is 14.6 Å². The number of ether oxygens (including phenoxy) is 1. The van der Waals surface area contributed by atoms with Crippen LogP contribution in [0.2, 0.25) is 0 Å². The summed E-state index contributed by atoms with van der Waals surface area (Å²) in [7, 11) is 2.19. The average molecular weight is 460 g/mol. The van der Waals surface area contributed by atoms with Crippen LogP contribution in [0.25, 0.3) is 11.0 Å². The Morgan fingerprint density at radius 1 is 1.12 bits per heavy atom. The number of hydrogen-bond donors (Lipinski definition) is 1. The van der Waals surface area contributed by atoms with E-state index in [-0.39, 0.29) is 17.5 Å². The lowest BCUT2D eigenvalue weighted by Crippen LogP contribution is -2.51. The molecule has 3 aliphatic carbocycles. The molecule has 0 radical (unpaired) electrons. The number of nitrogens with one attached hydrogen (secondary N) is 1. The number of benzene rings is 2. The van der Waals surface area contributed by atoms with Gasteiger partial charge in [0, 0.05) is 25.3 Å².